The van der Waals surface area contributed by atoms with Crippen LogP contribution in [0.15, 0.2) is 79.1 Å². The highest BCUT2D eigenvalue weighted by Crippen LogP contribution is 2.28. The monoisotopic (exact) mass is 502 g/mol. The van der Waals surface area contributed by atoms with E-state index in [1.54, 1.807) is 35.3 Å². The molecule has 5 nitrogen and oxygen atoms in total. The fourth-order valence-corrected chi connectivity index (χ4v) is 4.84. The molecule has 0 bridgehead atoms. The predicted octanol–water partition coefficient (Wildman–Crippen LogP) is 7.11. The van der Waals surface area contributed by atoms with Gasteiger partial charge in [0.2, 0.25) is 0 Å². The van der Waals surface area contributed by atoms with Crippen LogP contribution in [0.3, 0.4) is 0 Å². The van der Waals surface area contributed by atoms with E-state index in [0.717, 1.165) is 23.0 Å². The third-order valence-electron chi connectivity index (χ3n) is 6.36. The highest BCUT2D eigenvalue weighted by Gasteiger charge is 2.15. The molecule has 3 aromatic carbocycles. The number of fused-ring (bicyclic) bond motifs is 1. The van der Waals surface area contributed by atoms with Gasteiger partial charge in [0.05, 0.1) is 18.4 Å². The maximum Gasteiger partial charge on any atom is 0.255 e. The lowest BCUT2D eigenvalue weighted by atomic mass is 10.1. The van der Waals surface area contributed by atoms with E-state index < -0.39 is 0 Å². The Morgan fingerprint density at radius 1 is 0.943 bits per heavy atom. The molecule has 0 spiro atoms. The molecule has 0 saturated heterocycles. The van der Waals surface area contributed by atoms with Crippen molar-refractivity contribution in [1.29, 1.82) is 0 Å². The Morgan fingerprint density at radius 2 is 1.69 bits per heavy atom. The average molecular weight is 503 g/mol. The average Bonchev–Trinajstić information content (AvgIpc) is 3.39. The van der Waals surface area contributed by atoms with Crippen molar-refractivity contribution in [2.24, 2.45) is 0 Å². The van der Waals surface area contributed by atoms with E-state index in [1.807, 2.05) is 24.3 Å². The number of aromatic nitrogens is 3. The molecule has 0 saturated carbocycles. The third kappa shape index (κ3) is 4.70. The molecule has 35 heavy (non-hydrogen) atoms. The second-order valence-corrected chi connectivity index (χ2v) is 9.41. The van der Waals surface area contributed by atoms with Gasteiger partial charge < -0.3 is 9.88 Å². The van der Waals surface area contributed by atoms with Crippen LogP contribution in [0.5, 0.6) is 0 Å². The maximum atomic E-state index is 13.0. The van der Waals surface area contributed by atoms with Crippen LogP contribution >= 0.6 is 23.2 Å². The summed E-state index contributed by atoms with van der Waals surface area (Å²) in [7, 11) is 0. The number of benzene rings is 3. The van der Waals surface area contributed by atoms with E-state index >= 15 is 0 Å². The summed E-state index contributed by atoms with van der Waals surface area (Å²) in [6.45, 7) is 5.42. The number of hydrogen-bond donors (Lipinski definition) is 1. The highest BCUT2D eigenvalue weighted by atomic mass is 35.5. The molecule has 0 aliphatic heterocycles. The number of amides is 1. The van der Waals surface area contributed by atoms with Crippen molar-refractivity contribution >= 4 is 45.7 Å². The summed E-state index contributed by atoms with van der Waals surface area (Å²) in [4.78, 5) is 13.0. The van der Waals surface area contributed by atoms with E-state index in [4.69, 9.17) is 23.2 Å². The summed E-state index contributed by atoms with van der Waals surface area (Å²) >= 11 is 12.5. The summed E-state index contributed by atoms with van der Waals surface area (Å²) < 4.78 is 3.99. The molecule has 0 fully saturated rings. The maximum absolute atomic E-state index is 13.0. The Hall–Kier alpha value is -3.54. The van der Waals surface area contributed by atoms with Crippen LogP contribution in [0.2, 0.25) is 10.0 Å². The molecule has 5 aromatic rings. The van der Waals surface area contributed by atoms with Gasteiger partial charge in [-0.25, -0.2) is 0 Å². The van der Waals surface area contributed by atoms with Gasteiger partial charge in [0.25, 0.3) is 5.91 Å². The SMILES string of the molecule is Cc1c(C)n(Cc2ccccc2)c2ccc(C(=O)Nc3cnn(Cc4c(Cl)cccc4Cl)c3)cc12. The van der Waals surface area contributed by atoms with Crippen LogP contribution in [0.25, 0.3) is 10.9 Å². The van der Waals surface area contributed by atoms with Gasteiger partial charge in [-0.3, -0.25) is 9.48 Å². The lowest BCUT2D eigenvalue weighted by Crippen LogP contribution is -2.11. The zero-order chi connectivity index (χ0) is 24.5. The van der Waals surface area contributed by atoms with Crippen molar-refractivity contribution in [2.45, 2.75) is 26.9 Å². The summed E-state index contributed by atoms with van der Waals surface area (Å²) in [6.07, 6.45) is 3.38. The van der Waals surface area contributed by atoms with Gasteiger partial charge in [-0.1, -0.05) is 59.6 Å². The molecular weight excluding hydrogens is 479 g/mol. The van der Waals surface area contributed by atoms with Crippen molar-refractivity contribution in [3.05, 3.63) is 117 Å². The van der Waals surface area contributed by atoms with Gasteiger partial charge in [0, 0.05) is 50.5 Å². The van der Waals surface area contributed by atoms with Crippen molar-refractivity contribution in [3.8, 4) is 0 Å². The second-order valence-electron chi connectivity index (χ2n) is 8.60. The number of nitrogens with zero attached hydrogens (tertiary/aromatic N) is 3. The zero-order valence-corrected chi connectivity index (χ0v) is 20.9. The van der Waals surface area contributed by atoms with Crippen molar-refractivity contribution < 1.29 is 4.79 Å². The summed E-state index contributed by atoms with van der Waals surface area (Å²) in [6, 6.07) is 21.6. The second kappa shape index (κ2) is 9.61. The minimum absolute atomic E-state index is 0.185. The predicted molar refractivity (Wildman–Crippen MR) is 143 cm³/mol. The van der Waals surface area contributed by atoms with Crippen LogP contribution in [0.4, 0.5) is 5.69 Å². The number of aryl methyl sites for hydroxylation is 1. The Kier molecular flexibility index (Phi) is 6.37. The molecule has 0 aliphatic rings. The molecule has 0 unspecified atom stereocenters. The van der Waals surface area contributed by atoms with E-state index in [2.05, 4.69) is 53.1 Å². The largest absolute Gasteiger partial charge is 0.340 e. The first-order chi connectivity index (χ1) is 16.9. The quantitative estimate of drug-likeness (QED) is 0.269. The van der Waals surface area contributed by atoms with Gasteiger partial charge in [0.1, 0.15) is 0 Å². The standard InChI is InChI=1S/C28H24Cl2N4O/c1-18-19(2)34(15-20-7-4-3-5-8-20)27-12-11-21(13-23(18)27)28(35)32-22-14-31-33(16-22)17-24-25(29)9-6-10-26(24)30/h3-14,16H,15,17H2,1-2H3,(H,32,35). The number of halogens is 2. The molecule has 0 atom stereocenters. The minimum Gasteiger partial charge on any atom is -0.340 e. The van der Waals surface area contributed by atoms with Crippen LogP contribution in [0, 0.1) is 13.8 Å². The van der Waals surface area contributed by atoms with E-state index in [0.29, 0.717) is 27.8 Å². The van der Waals surface area contributed by atoms with Crippen LogP contribution in [-0.2, 0) is 13.1 Å². The van der Waals surface area contributed by atoms with Crippen molar-refractivity contribution in [1.82, 2.24) is 14.3 Å². The number of hydrogen-bond acceptors (Lipinski definition) is 2. The first kappa shape index (κ1) is 23.2. The minimum atomic E-state index is -0.185. The lowest BCUT2D eigenvalue weighted by molar-refractivity contribution is 0.102. The normalized spacial score (nSPS) is 11.2. The Labute approximate surface area is 213 Å². The van der Waals surface area contributed by atoms with E-state index in [-0.39, 0.29) is 5.91 Å². The van der Waals surface area contributed by atoms with E-state index in [9.17, 15) is 4.79 Å². The number of rotatable bonds is 6. The van der Waals surface area contributed by atoms with Gasteiger partial charge in [-0.05, 0) is 55.3 Å². The fraction of sp³-hybridized carbons (Fsp3) is 0.143. The smallest absolute Gasteiger partial charge is 0.255 e. The summed E-state index contributed by atoms with van der Waals surface area (Å²) in [5.74, 6) is -0.185. The first-order valence-corrected chi connectivity index (χ1v) is 12.1. The van der Waals surface area contributed by atoms with Crippen LogP contribution in [0.1, 0.15) is 32.7 Å². The van der Waals surface area contributed by atoms with Gasteiger partial charge in [-0.15, -0.1) is 0 Å². The third-order valence-corrected chi connectivity index (χ3v) is 7.07. The van der Waals surface area contributed by atoms with Crippen LogP contribution < -0.4 is 5.32 Å². The topological polar surface area (TPSA) is 51.9 Å². The van der Waals surface area contributed by atoms with Gasteiger partial charge >= 0.3 is 0 Å². The molecule has 0 aliphatic carbocycles. The number of carbonyl (C=O) groups excluding carboxylic acids is 1. The molecule has 2 aromatic heterocycles. The fourth-order valence-electron chi connectivity index (χ4n) is 4.32. The number of carbonyl (C=O) groups is 1. The molecule has 0 radical (unpaired) electrons. The molecule has 7 heteroatoms. The molecule has 1 amide bonds. The Bertz CT molecular complexity index is 1520. The molecule has 5 rings (SSSR count). The number of anilines is 1. The number of nitrogens with one attached hydrogen (secondary N) is 1. The molecule has 1 N–H and O–H groups in total. The van der Waals surface area contributed by atoms with Crippen molar-refractivity contribution in [3.63, 3.8) is 0 Å². The van der Waals surface area contributed by atoms with Gasteiger partial charge in [0.15, 0.2) is 0 Å². The summed E-state index contributed by atoms with van der Waals surface area (Å²) in [5, 5.41) is 9.52. The highest BCUT2D eigenvalue weighted by molar-refractivity contribution is 6.36. The van der Waals surface area contributed by atoms with Crippen LogP contribution in [-0.4, -0.2) is 20.3 Å². The molecule has 176 valence electrons. The van der Waals surface area contributed by atoms with Crippen molar-refractivity contribution in [2.75, 3.05) is 5.32 Å². The Morgan fingerprint density at radius 3 is 2.43 bits per heavy atom. The zero-order valence-electron chi connectivity index (χ0n) is 19.4. The molecular formula is C28H24Cl2N4O. The molecule has 2 heterocycles. The Balaban J connectivity index is 1.36. The lowest BCUT2D eigenvalue weighted by Gasteiger charge is -2.09. The van der Waals surface area contributed by atoms with Gasteiger partial charge in [-0.2, -0.15) is 5.10 Å². The first-order valence-electron chi connectivity index (χ1n) is 11.3. The van der Waals surface area contributed by atoms with E-state index in [1.165, 1.54) is 16.8 Å². The summed E-state index contributed by atoms with van der Waals surface area (Å²) in [5.41, 5.74) is 6.71.